The Morgan fingerprint density at radius 1 is 1.53 bits per heavy atom. The van der Waals surface area contributed by atoms with Gasteiger partial charge in [0.2, 0.25) is 0 Å². The van der Waals surface area contributed by atoms with E-state index in [-0.39, 0.29) is 5.25 Å². The lowest BCUT2D eigenvalue weighted by Crippen LogP contribution is -2.21. The maximum atomic E-state index is 11.2. The van der Waals surface area contributed by atoms with Crippen molar-refractivity contribution in [2.45, 2.75) is 31.9 Å². The predicted molar refractivity (Wildman–Crippen MR) is 75.7 cm³/mol. The van der Waals surface area contributed by atoms with Crippen molar-refractivity contribution in [3.05, 3.63) is 16.5 Å². The normalized spacial score (nSPS) is 14.4. The Balaban J connectivity index is 2.67. The summed E-state index contributed by atoms with van der Waals surface area (Å²) in [5.74, 6) is 1.61. The molecule has 2 atom stereocenters. The fourth-order valence-electron chi connectivity index (χ4n) is 1.26. The number of aryl methyl sites for hydroxylation is 1. The molecule has 0 saturated carbocycles. The third kappa shape index (κ3) is 5.12. The van der Waals surface area contributed by atoms with Crippen molar-refractivity contribution < 1.29 is 4.21 Å². The first-order chi connectivity index (χ1) is 8.02. The molecular weight excluding hydrogens is 302 g/mol. The number of hydrogen-bond acceptors (Lipinski definition) is 4. The molecule has 0 bridgehead atoms. The first-order valence-electron chi connectivity index (χ1n) is 5.62. The lowest BCUT2D eigenvalue weighted by molar-refractivity contribution is 0.678. The fourth-order valence-corrected chi connectivity index (χ4v) is 2.00. The van der Waals surface area contributed by atoms with Gasteiger partial charge < -0.3 is 5.32 Å². The minimum atomic E-state index is -0.816. The van der Waals surface area contributed by atoms with E-state index in [1.165, 1.54) is 0 Å². The van der Waals surface area contributed by atoms with Crippen molar-refractivity contribution in [2.75, 3.05) is 18.1 Å². The highest BCUT2D eigenvalue weighted by Gasteiger charge is 2.07. The van der Waals surface area contributed by atoms with Crippen LogP contribution in [0.1, 0.15) is 26.1 Å². The molecule has 0 aliphatic carbocycles. The summed E-state index contributed by atoms with van der Waals surface area (Å²) in [7, 11) is -0.816. The molecule has 0 aromatic carbocycles. The number of nitrogens with one attached hydrogen (secondary N) is 1. The zero-order valence-electron chi connectivity index (χ0n) is 10.4. The summed E-state index contributed by atoms with van der Waals surface area (Å²) in [6, 6.07) is 1.84. The third-order valence-corrected chi connectivity index (χ3v) is 4.06. The molecule has 4 nitrogen and oxygen atoms in total. The summed E-state index contributed by atoms with van der Waals surface area (Å²) in [5, 5.41) is 3.30. The highest BCUT2D eigenvalue weighted by atomic mass is 79.9. The van der Waals surface area contributed by atoms with E-state index in [1.54, 1.807) is 6.26 Å². The van der Waals surface area contributed by atoms with Gasteiger partial charge in [-0.15, -0.1) is 0 Å². The quantitative estimate of drug-likeness (QED) is 0.818. The summed E-state index contributed by atoms with van der Waals surface area (Å²) in [5.41, 5.74) is 0. The van der Waals surface area contributed by atoms with E-state index in [9.17, 15) is 4.21 Å². The highest BCUT2D eigenvalue weighted by Crippen LogP contribution is 2.13. The molecule has 0 fully saturated rings. The van der Waals surface area contributed by atoms with Crippen molar-refractivity contribution in [3.63, 3.8) is 0 Å². The molecule has 0 aliphatic heterocycles. The Morgan fingerprint density at radius 3 is 2.82 bits per heavy atom. The van der Waals surface area contributed by atoms with E-state index >= 15 is 0 Å². The molecule has 0 aliphatic rings. The Labute approximate surface area is 113 Å². The second-order valence-electron chi connectivity index (χ2n) is 3.93. The molecule has 1 heterocycles. The summed E-state index contributed by atoms with van der Waals surface area (Å²) in [4.78, 5) is 8.69. The van der Waals surface area contributed by atoms with Crippen LogP contribution in [0.15, 0.2) is 10.7 Å². The first-order valence-corrected chi connectivity index (χ1v) is 8.04. The van der Waals surface area contributed by atoms with Crippen LogP contribution >= 0.6 is 15.9 Å². The minimum Gasteiger partial charge on any atom is -0.369 e. The van der Waals surface area contributed by atoms with Crippen molar-refractivity contribution in [2.24, 2.45) is 0 Å². The number of rotatable bonds is 6. The Morgan fingerprint density at radius 2 is 2.24 bits per heavy atom. The van der Waals surface area contributed by atoms with Crippen LogP contribution in [0.25, 0.3) is 0 Å². The number of halogens is 1. The van der Waals surface area contributed by atoms with Crippen molar-refractivity contribution in [3.8, 4) is 0 Å². The molecule has 0 spiro atoms. The highest BCUT2D eigenvalue weighted by molar-refractivity contribution is 9.10. The van der Waals surface area contributed by atoms with Gasteiger partial charge in [0, 0.05) is 41.3 Å². The van der Waals surface area contributed by atoms with Gasteiger partial charge in [0.15, 0.2) is 0 Å². The van der Waals surface area contributed by atoms with E-state index in [0.29, 0.717) is 6.54 Å². The molecule has 1 aromatic heterocycles. The van der Waals surface area contributed by atoms with Gasteiger partial charge in [-0.25, -0.2) is 9.97 Å². The topological polar surface area (TPSA) is 54.9 Å². The monoisotopic (exact) mass is 319 g/mol. The predicted octanol–water partition coefficient (Wildman–Crippen LogP) is 2.37. The van der Waals surface area contributed by atoms with Gasteiger partial charge in [-0.3, -0.25) is 4.21 Å². The van der Waals surface area contributed by atoms with E-state index in [2.05, 4.69) is 38.1 Å². The van der Waals surface area contributed by atoms with Gasteiger partial charge in [0.05, 0.1) is 0 Å². The van der Waals surface area contributed by atoms with Crippen molar-refractivity contribution in [1.82, 2.24) is 9.97 Å². The molecule has 96 valence electrons. The lowest BCUT2D eigenvalue weighted by Gasteiger charge is -2.11. The molecule has 1 N–H and O–H groups in total. The Bertz CT molecular complexity index is 400. The van der Waals surface area contributed by atoms with Gasteiger partial charge in [-0.05, 0) is 29.3 Å². The Hall–Kier alpha value is -0.490. The van der Waals surface area contributed by atoms with Crippen LogP contribution in [0, 0.1) is 0 Å². The molecule has 0 radical (unpaired) electrons. The van der Waals surface area contributed by atoms with Crippen LogP contribution in [0.3, 0.4) is 0 Å². The van der Waals surface area contributed by atoms with Gasteiger partial charge in [-0.1, -0.05) is 6.92 Å². The zero-order chi connectivity index (χ0) is 12.8. The zero-order valence-corrected chi connectivity index (χ0v) is 12.8. The largest absolute Gasteiger partial charge is 0.369 e. The average Bonchev–Trinajstić information content (AvgIpc) is 2.25. The molecule has 2 unspecified atom stereocenters. The maximum Gasteiger partial charge on any atom is 0.132 e. The number of hydrogen-bond donors (Lipinski definition) is 1. The van der Waals surface area contributed by atoms with Gasteiger partial charge in [-0.2, -0.15) is 0 Å². The molecule has 1 rings (SSSR count). The molecular formula is C11H18BrN3OS. The number of aromatic nitrogens is 2. The lowest BCUT2D eigenvalue weighted by atomic mass is 10.3. The van der Waals surface area contributed by atoms with E-state index in [0.717, 1.165) is 29.1 Å². The molecule has 1 aromatic rings. The standard InChI is InChI=1S/C11H18BrN3OS/c1-4-5-10-14-9(12)6-11(15-10)13-7-8(2)17(3)16/h6,8H,4-5,7H2,1-3H3,(H,13,14,15). The minimum absolute atomic E-state index is 0.110. The van der Waals surface area contributed by atoms with Crippen molar-refractivity contribution in [1.29, 1.82) is 0 Å². The van der Waals surface area contributed by atoms with Gasteiger partial charge in [0.1, 0.15) is 16.2 Å². The SMILES string of the molecule is CCCc1nc(Br)cc(NCC(C)S(C)=O)n1. The van der Waals surface area contributed by atoms with E-state index in [1.807, 2.05) is 13.0 Å². The third-order valence-electron chi connectivity index (χ3n) is 2.35. The number of anilines is 1. The van der Waals surface area contributed by atoms with E-state index < -0.39 is 10.8 Å². The summed E-state index contributed by atoms with van der Waals surface area (Å²) < 4.78 is 12.0. The molecule has 0 saturated heterocycles. The fraction of sp³-hybridized carbons (Fsp3) is 0.636. The van der Waals surface area contributed by atoms with Crippen LogP contribution in [-0.2, 0) is 17.2 Å². The first kappa shape index (κ1) is 14.6. The molecule has 0 amide bonds. The van der Waals surface area contributed by atoms with E-state index in [4.69, 9.17) is 0 Å². The smallest absolute Gasteiger partial charge is 0.132 e. The van der Waals surface area contributed by atoms with Crippen LogP contribution in [0.2, 0.25) is 0 Å². The van der Waals surface area contributed by atoms with Gasteiger partial charge in [0.25, 0.3) is 0 Å². The maximum absolute atomic E-state index is 11.2. The Kier molecular flexibility index (Phi) is 6.05. The number of nitrogens with zero attached hydrogens (tertiary/aromatic N) is 2. The van der Waals surface area contributed by atoms with Crippen LogP contribution in [0.5, 0.6) is 0 Å². The average molecular weight is 320 g/mol. The second-order valence-corrected chi connectivity index (χ2v) is 6.55. The molecule has 6 heteroatoms. The van der Waals surface area contributed by atoms with Crippen LogP contribution in [-0.4, -0.2) is 32.2 Å². The second kappa shape index (κ2) is 7.06. The molecule has 17 heavy (non-hydrogen) atoms. The van der Waals surface area contributed by atoms with Crippen molar-refractivity contribution >= 4 is 32.5 Å². The summed E-state index contributed by atoms with van der Waals surface area (Å²) >= 11 is 3.37. The van der Waals surface area contributed by atoms with Gasteiger partial charge >= 0.3 is 0 Å². The van der Waals surface area contributed by atoms with Crippen LogP contribution < -0.4 is 5.32 Å². The summed E-state index contributed by atoms with van der Waals surface area (Å²) in [6.07, 6.45) is 3.60. The summed E-state index contributed by atoms with van der Waals surface area (Å²) in [6.45, 7) is 4.70. The van der Waals surface area contributed by atoms with Crippen LogP contribution in [0.4, 0.5) is 5.82 Å².